The zero-order chi connectivity index (χ0) is 24.8. The number of carboxylic acids is 1. The zero-order valence-electron chi connectivity index (χ0n) is 19.9. The van der Waals surface area contributed by atoms with Crippen LogP contribution in [0.2, 0.25) is 5.02 Å². The minimum Gasteiger partial charge on any atom is -0.481 e. The van der Waals surface area contributed by atoms with Crippen LogP contribution in [0.5, 0.6) is 0 Å². The number of halogens is 1. The molecule has 4 rings (SSSR count). The van der Waals surface area contributed by atoms with Crippen LogP contribution >= 0.6 is 11.6 Å². The van der Waals surface area contributed by atoms with E-state index in [0.717, 1.165) is 57.3 Å². The highest BCUT2D eigenvalue weighted by Gasteiger charge is 2.17. The van der Waals surface area contributed by atoms with Crippen molar-refractivity contribution in [2.24, 2.45) is 0 Å². The number of hydrogen-bond donors (Lipinski definition) is 2. The molecule has 1 aromatic heterocycles. The highest BCUT2D eigenvalue weighted by atomic mass is 35.5. The van der Waals surface area contributed by atoms with Gasteiger partial charge < -0.3 is 14.9 Å². The molecule has 1 heterocycles. The highest BCUT2D eigenvalue weighted by Crippen LogP contribution is 2.33. The summed E-state index contributed by atoms with van der Waals surface area (Å²) >= 11 is 6.11. The second-order valence-corrected chi connectivity index (χ2v) is 9.29. The van der Waals surface area contributed by atoms with Crippen LogP contribution in [-0.4, -0.2) is 22.3 Å². The minimum absolute atomic E-state index is 0.139. The quantitative estimate of drug-likeness (QED) is 0.243. The molecular formula is C29H29ClN2O3. The smallest absolute Gasteiger partial charge is 0.303 e. The summed E-state index contributed by atoms with van der Waals surface area (Å²) in [5.74, 6) is -0.0515. The number of carboxylic acid groups (broad SMARTS) is 1. The Hall–Kier alpha value is -3.57. The van der Waals surface area contributed by atoms with E-state index in [0.29, 0.717) is 6.42 Å². The number of aliphatic carboxylic acids is 1. The Labute approximate surface area is 210 Å². The first-order valence-electron chi connectivity index (χ1n) is 11.8. The van der Waals surface area contributed by atoms with Gasteiger partial charge in [0.1, 0.15) is 11.4 Å². The van der Waals surface area contributed by atoms with Crippen molar-refractivity contribution in [3.63, 3.8) is 0 Å². The molecule has 1 atom stereocenters. The maximum absolute atomic E-state index is 10.8. The van der Waals surface area contributed by atoms with E-state index in [4.69, 9.17) is 21.2 Å². The van der Waals surface area contributed by atoms with E-state index < -0.39 is 5.97 Å². The van der Waals surface area contributed by atoms with Gasteiger partial charge in [-0.15, -0.1) is 0 Å². The predicted molar refractivity (Wildman–Crippen MR) is 141 cm³/mol. The van der Waals surface area contributed by atoms with Crippen molar-refractivity contribution in [2.75, 3.05) is 5.32 Å². The lowest BCUT2D eigenvalue weighted by Crippen LogP contribution is -2.16. The molecule has 5 nitrogen and oxygen atoms in total. The van der Waals surface area contributed by atoms with Crippen LogP contribution in [0.25, 0.3) is 22.5 Å². The second kappa shape index (κ2) is 11.2. The Morgan fingerprint density at radius 3 is 2.29 bits per heavy atom. The van der Waals surface area contributed by atoms with Gasteiger partial charge in [-0.25, -0.2) is 0 Å². The van der Waals surface area contributed by atoms with Gasteiger partial charge in [0.15, 0.2) is 5.76 Å². The van der Waals surface area contributed by atoms with Crippen molar-refractivity contribution in [3.8, 4) is 22.5 Å². The molecule has 0 saturated heterocycles. The Bertz CT molecular complexity index is 1280. The average molecular weight is 489 g/mol. The lowest BCUT2D eigenvalue weighted by molar-refractivity contribution is -0.136. The third kappa shape index (κ3) is 6.52. The third-order valence-corrected chi connectivity index (χ3v) is 6.31. The topological polar surface area (TPSA) is 75.4 Å². The Morgan fingerprint density at radius 1 is 0.971 bits per heavy atom. The van der Waals surface area contributed by atoms with Crippen LogP contribution in [0.3, 0.4) is 0 Å². The van der Waals surface area contributed by atoms with E-state index in [1.54, 1.807) is 0 Å². The number of hydrogen-bond acceptors (Lipinski definition) is 4. The molecule has 4 aromatic rings. The second-order valence-electron chi connectivity index (χ2n) is 8.85. The number of carbonyl (C=O) groups is 1. The van der Waals surface area contributed by atoms with Crippen LogP contribution in [0, 0.1) is 6.92 Å². The summed E-state index contributed by atoms with van der Waals surface area (Å²) in [6.45, 7) is 4.10. The minimum atomic E-state index is -0.781. The molecule has 6 heteroatoms. The average Bonchev–Trinajstić information content (AvgIpc) is 3.22. The molecular weight excluding hydrogens is 460 g/mol. The van der Waals surface area contributed by atoms with E-state index in [1.807, 2.05) is 61.5 Å². The van der Waals surface area contributed by atoms with Gasteiger partial charge in [-0.1, -0.05) is 77.4 Å². The molecule has 0 aliphatic rings. The van der Waals surface area contributed by atoms with Crippen LogP contribution in [0.4, 0.5) is 5.69 Å². The van der Waals surface area contributed by atoms with Crippen molar-refractivity contribution >= 4 is 23.3 Å². The summed E-state index contributed by atoms with van der Waals surface area (Å²) in [5.41, 5.74) is 7.10. The summed E-state index contributed by atoms with van der Waals surface area (Å²) in [6.07, 6.45) is 2.55. The summed E-state index contributed by atoms with van der Waals surface area (Å²) in [7, 11) is 0. The van der Waals surface area contributed by atoms with Crippen molar-refractivity contribution in [1.82, 2.24) is 5.16 Å². The fraction of sp³-hybridized carbons (Fsp3) is 0.241. The largest absolute Gasteiger partial charge is 0.481 e. The number of rotatable bonds is 10. The lowest BCUT2D eigenvalue weighted by atomic mass is 10.00. The summed E-state index contributed by atoms with van der Waals surface area (Å²) in [4.78, 5) is 10.8. The molecule has 1 unspecified atom stereocenters. The first kappa shape index (κ1) is 24.6. The molecule has 2 N–H and O–H groups in total. The van der Waals surface area contributed by atoms with Gasteiger partial charge in [-0.3, -0.25) is 4.79 Å². The summed E-state index contributed by atoms with van der Waals surface area (Å²) in [6, 6.07) is 24.4. The highest BCUT2D eigenvalue weighted by molar-refractivity contribution is 6.30. The molecule has 0 bridgehead atoms. The van der Waals surface area contributed by atoms with E-state index in [1.165, 1.54) is 5.56 Å². The molecule has 3 aromatic carbocycles. The van der Waals surface area contributed by atoms with Gasteiger partial charge in [0.25, 0.3) is 0 Å². The third-order valence-electron chi connectivity index (χ3n) is 6.07. The van der Waals surface area contributed by atoms with Crippen molar-refractivity contribution in [2.45, 2.75) is 45.6 Å². The van der Waals surface area contributed by atoms with Crippen LogP contribution < -0.4 is 5.32 Å². The summed E-state index contributed by atoms with van der Waals surface area (Å²) < 4.78 is 5.69. The van der Waals surface area contributed by atoms with Gasteiger partial charge in [0.05, 0.1) is 0 Å². The summed E-state index contributed by atoms with van der Waals surface area (Å²) in [5, 5.41) is 17.4. The standard InChI is InChI=1S/C29H29ClN2O3/c1-19(6-7-22-4-3-5-26(30)18-22)31-28-20(2)32-35-29(28)25-15-13-24(14-16-25)23-11-8-21(9-12-23)10-17-27(33)34/h3-5,8-9,11-16,18-19,31H,6-7,10,17H2,1-2H3,(H,33,34). The van der Waals surface area contributed by atoms with Crippen LogP contribution in [0.15, 0.2) is 77.3 Å². The Balaban J connectivity index is 1.43. The van der Waals surface area contributed by atoms with E-state index >= 15 is 0 Å². The first-order valence-corrected chi connectivity index (χ1v) is 12.2. The van der Waals surface area contributed by atoms with Crippen molar-refractivity contribution in [3.05, 3.63) is 94.6 Å². The molecule has 0 radical (unpaired) electrons. The van der Waals surface area contributed by atoms with Gasteiger partial charge in [-0.05, 0) is 67.5 Å². The van der Waals surface area contributed by atoms with Crippen LogP contribution in [-0.2, 0) is 17.6 Å². The lowest BCUT2D eigenvalue weighted by Gasteiger charge is -2.15. The molecule has 0 amide bonds. The van der Waals surface area contributed by atoms with Gasteiger partial charge >= 0.3 is 5.97 Å². The maximum atomic E-state index is 10.8. The van der Waals surface area contributed by atoms with Gasteiger partial charge in [0.2, 0.25) is 0 Å². The molecule has 0 aliphatic carbocycles. The van der Waals surface area contributed by atoms with E-state index in [-0.39, 0.29) is 12.5 Å². The number of nitrogens with one attached hydrogen (secondary N) is 1. The number of anilines is 1. The van der Waals surface area contributed by atoms with Crippen molar-refractivity contribution < 1.29 is 14.4 Å². The molecule has 35 heavy (non-hydrogen) atoms. The van der Waals surface area contributed by atoms with Gasteiger partial charge in [0, 0.05) is 23.0 Å². The monoisotopic (exact) mass is 488 g/mol. The Morgan fingerprint density at radius 2 is 1.63 bits per heavy atom. The SMILES string of the molecule is Cc1noc(-c2ccc(-c3ccc(CCC(=O)O)cc3)cc2)c1NC(C)CCc1cccc(Cl)c1. The number of aromatic nitrogens is 1. The fourth-order valence-corrected chi connectivity index (χ4v) is 4.27. The fourth-order valence-electron chi connectivity index (χ4n) is 4.06. The van der Waals surface area contributed by atoms with E-state index in [9.17, 15) is 4.79 Å². The molecule has 0 aliphatic heterocycles. The van der Waals surface area contributed by atoms with Crippen molar-refractivity contribution in [1.29, 1.82) is 0 Å². The Kier molecular flexibility index (Phi) is 7.88. The molecule has 0 fully saturated rings. The zero-order valence-corrected chi connectivity index (χ0v) is 20.7. The van der Waals surface area contributed by atoms with E-state index in [2.05, 4.69) is 35.6 Å². The molecule has 0 saturated carbocycles. The maximum Gasteiger partial charge on any atom is 0.303 e. The predicted octanol–water partition coefficient (Wildman–Crippen LogP) is 7.42. The molecule has 0 spiro atoms. The number of benzene rings is 3. The van der Waals surface area contributed by atoms with Gasteiger partial charge in [-0.2, -0.15) is 0 Å². The first-order chi connectivity index (χ1) is 16.9. The van der Waals surface area contributed by atoms with Crippen LogP contribution in [0.1, 0.15) is 36.6 Å². The molecule has 180 valence electrons. The number of aryl methyl sites for hydroxylation is 3. The normalized spacial score (nSPS) is 11.9. The number of nitrogens with zero attached hydrogens (tertiary/aromatic N) is 1.